The lowest BCUT2D eigenvalue weighted by atomic mass is 10.1. The quantitative estimate of drug-likeness (QED) is 0.792. The first-order valence-electron chi connectivity index (χ1n) is 8.82. The van der Waals surface area contributed by atoms with Crippen LogP contribution in [0.1, 0.15) is 28.7 Å². The molecule has 1 fully saturated rings. The monoisotopic (exact) mass is 325 g/mol. The van der Waals surface area contributed by atoms with Crippen LogP contribution in [0.25, 0.3) is 5.69 Å². The molecule has 0 unspecified atom stereocenters. The number of aromatic nitrogens is 1. The molecule has 1 aliphatic heterocycles. The maximum Gasteiger partial charge on any atom is 0.178 e. The number of nitrogens with zero attached hydrogens (tertiary/aromatic N) is 3. The number of carbonyl (C=O) groups is 1. The van der Waals surface area contributed by atoms with Gasteiger partial charge in [0.25, 0.3) is 0 Å². The highest BCUT2D eigenvalue weighted by Gasteiger charge is 2.21. The molecule has 3 rings (SSSR count). The molecule has 0 spiro atoms. The molecule has 1 saturated heterocycles. The fraction of sp³-hybridized carbons (Fsp3) is 0.450. The van der Waals surface area contributed by atoms with E-state index in [2.05, 4.69) is 40.3 Å². The lowest BCUT2D eigenvalue weighted by Gasteiger charge is -2.33. The van der Waals surface area contributed by atoms with Gasteiger partial charge in [0.2, 0.25) is 0 Å². The molecule has 1 aromatic heterocycles. The van der Waals surface area contributed by atoms with E-state index in [1.54, 1.807) is 0 Å². The lowest BCUT2D eigenvalue weighted by Crippen LogP contribution is -2.47. The third-order valence-electron chi connectivity index (χ3n) is 5.03. The summed E-state index contributed by atoms with van der Waals surface area (Å²) in [6.45, 7) is 12.0. The van der Waals surface area contributed by atoms with Crippen molar-refractivity contribution in [1.29, 1.82) is 0 Å². The number of ketones is 1. The summed E-state index contributed by atoms with van der Waals surface area (Å²) >= 11 is 0. The summed E-state index contributed by atoms with van der Waals surface area (Å²) in [5, 5.41) is 0. The van der Waals surface area contributed by atoms with Crippen molar-refractivity contribution < 1.29 is 4.79 Å². The van der Waals surface area contributed by atoms with E-state index in [9.17, 15) is 4.79 Å². The van der Waals surface area contributed by atoms with Gasteiger partial charge in [-0.15, -0.1) is 0 Å². The second-order valence-corrected chi connectivity index (χ2v) is 6.59. The van der Waals surface area contributed by atoms with Crippen LogP contribution in [0, 0.1) is 13.8 Å². The Bertz CT molecular complexity index is 697. The van der Waals surface area contributed by atoms with Gasteiger partial charge >= 0.3 is 0 Å². The van der Waals surface area contributed by atoms with Crippen molar-refractivity contribution in [2.24, 2.45) is 0 Å². The van der Waals surface area contributed by atoms with Gasteiger partial charge in [0.05, 0.1) is 6.54 Å². The van der Waals surface area contributed by atoms with Crippen LogP contribution >= 0.6 is 0 Å². The summed E-state index contributed by atoms with van der Waals surface area (Å²) in [4.78, 5) is 17.5. The molecule has 0 aliphatic carbocycles. The Morgan fingerprint density at radius 3 is 2.25 bits per heavy atom. The average molecular weight is 325 g/mol. The molecule has 24 heavy (non-hydrogen) atoms. The molecular formula is C20H27N3O. The normalized spacial score (nSPS) is 16.5. The van der Waals surface area contributed by atoms with Crippen molar-refractivity contribution >= 4 is 5.78 Å². The van der Waals surface area contributed by atoms with Crippen LogP contribution in [0.15, 0.2) is 36.4 Å². The Labute approximate surface area is 144 Å². The molecule has 4 nitrogen and oxygen atoms in total. The number of benzene rings is 1. The Kier molecular flexibility index (Phi) is 5.17. The highest BCUT2D eigenvalue weighted by molar-refractivity contribution is 5.99. The highest BCUT2D eigenvalue weighted by Crippen LogP contribution is 2.21. The summed E-state index contributed by atoms with van der Waals surface area (Å²) in [6.07, 6.45) is 0. The number of piperazine rings is 1. The number of carbonyl (C=O) groups excluding carboxylic acids is 1. The molecule has 0 atom stereocenters. The molecule has 0 N–H and O–H groups in total. The first-order valence-corrected chi connectivity index (χ1v) is 8.82. The first-order chi connectivity index (χ1) is 11.6. The van der Waals surface area contributed by atoms with Gasteiger partial charge in [0, 0.05) is 48.8 Å². The van der Waals surface area contributed by atoms with Crippen molar-refractivity contribution in [3.63, 3.8) is 0 Å². The summed E-state index contributed by atoms with van der Waals surface area (Å²) in [6, 6.07) is 12.3. The summed E-state index contributed by atoms with van der Waals surface area (Å²) in [7, 11) is 0. The third-order valence-corrected chi connectivity index (χ3v) is 5.03. The van der Waals surface area contributed by atoms with Crippen LogP contribution in [0.2, 0.25) is 0 Å². The van der Waals surface area contributed by atoms with Gasteiger partial charge < -0.3 is 9.47 Å². The first kappa shape index (κ1) is 16.9. The molecule has 0 amide bonds. The standard InChI is InChI=1S/C20H27N3O/c1-4-21-10-12-22(13-11-21)15-20(24)19-14-16(2)23(17(19)3)18-8-6-5-7-9-18/h5-9,14H,4,10-13,15H2,1-3H3. The molecule has 2 heterocycles. The number of para-hydroxylation sites is 1. The van der Waals surface area contributed by atoms with Crippen LogP contribution < -0.4 is 0 Å². The van der Waals surface area contributed by atoms with Gasteiger partial charge in [-0.25, -0.2) is 0 Å². The summed E-state index contributed by atoms with van der Waals surface area (Å²) in [5.74, 6) is 0.232. The zero-order valence-electron chi connectivity index (χ0n) is 15.0. The zero-order valence-corrected chi connectivity index (χ0v) is 15.0. The smallest absolute Gasteiger partial charge is 0.178 e. The SMILES string of the molecule is CCN1CCN(CC(=O)c2cc(C)n(-c3ccccc3)c2C)CC1. The minimum absolute atomic E-state index is 0.232. The third kappa shape index (κ3) is 3.45. The van der Waals surface area contributed by atoms with E-state index >= 15 is 0 Å². The fourth-order valence-electron chi connectivity index (χ4n) is 3.57. The van der Waals surface area contributed by atoms with Gasteiger partial charge in [-0.2, -0.15) is 0 Å². The number of hydrogen-bond donors (Lipinski definition) is 0. The highest BCUT2D eigenvalue weighted by atomic mass is 16.1. The molecule has 1 aliphatic rings. The molecule has 2 aromatic rings. The van der Waals surface area contributed by atoms with E-state index in [-0.39, 0.29) is 5.78 Å². The van der Waals surface area contributed by atoms with Crippen LogP contribution in [0.4, 0.5) is 0 Å². The van der Waals surface area contributed by atoms with Gasteiger partial charge in [0.1, 0.15) is 0 Å². The van der Waals surface area contributed by atoms with Gasteiger partial charge in [-0.05, 0) is 38.6 Å². The van der Waals surface area contributed by atoms with Crippen molar-refractivity contribution in [2.75, 3.05) is 39.3 Å². The predicted molar refractivity (Wildman–Crippen MR) is 98.1 cm³/mol. The van der Waals surface area contributed by atoms with E-state index in [0.29, 0.717) is 6.54 Å². The van der Waals surface area contributed by atoms with Crippen molar-refractivity contribution in [2.45, 2.75) is 20.8 Å². The van der Waals surface area contributed by atoms with E-state index in [1.165, 1.54) is 0 Å². The molecule has 4 heteroatoms. The number of Topliss-reactive ketones (excluding diaryl/α,β-unsaturated/α-hetero) is 1. The Morgan fingerprint density at radius 1 is 1.00 bits per heavy atom. The van der Waals surface area contributed by atoms with Crippen LogP contribution in [0.3, 0.4) is 0 Å². The second-order valence-electron chi connectivity index (χ2n) is 6.59. The van der Waals surface area contributed by atoms with Gasteiger partial charge in [0.15, 0.2) is 5.78 Å². The summed E-state index contributed by atoms with van der Waals surface area (Å²) < 4.78 is 2.17. The molecule has 0 radical (unpaired) electrons. The average Bonchev–Trinajstić information content (AvgIpc) is 2.91. The number of aryl methyl sites for hydroxylation is 1. The minimum Gasteiger partial charge on any atom is -0.318 e. The minimum atomic E-state index is 0.232. The van der Waals surface area contributed by atoms with Crippen molar-refractivity contribution in [3.8, 4) is 5.69 Å². The molecule has 1 aromatic carbocycles. The molecule has 128 valence electrons. The zero-order chi connectivity index (χ0) is 17.1. The number of rotatable bonds is 5. The summed E-state index contributed by atoms with van der Waals surface area (Å²) in [5.41, 5.74) is 4.12. The molecule has 0 saturated carbocycles. The predicted octanol–water partition coefficient (Wildman–Crippen LogP) is 2.91. The molecular weight excluding hydrogens is 298 g/mol. The van der Waals surface area contributed by atoms with E-state index in [4.69, 9.17) is 0 Å². The van der Waals surface area contributed by atoms with Crippen molar-refractivity contribution in [3.05, 3.63) is 53.3 Å². The van der Waals surface area contributed by atoms with Crippen molar-refractivity contribution in [1.82, 2.24) is 14.4 Å². The maximum atomic E-state index is 12.8. The Morgan fingerprint density at radius 2 is 1.62 bits per heavy atom. The van der Waals surface area contributed by atoms with Crippen LogP contribution in [-0.2, 0) is 0 Å². The lowest BCUT2D eigenvalue weighted by molar-refractivity contribution is 0.0858. The topological polar surface area (TPSA) is 28.5 Å². The van der Waals surface area contributed by atoms with E-state index in [0.717, 1.165) is 55.4 Å². The van der Waals surface area contributed by atoms with Gasteiger partial charge in [-0.1, -0.05) is 25.1 Å². The molecule has 0 bridgehead atoms. The Balaban J connectivity index is 1.75. The number of likely N-dealkylation sites (N-methyl/N-ethyl adjacent to an activating group) is 1. The van der Waals surface area contributed by atoms with E-state index < -0.39 is 0 Å². The van der Waals surface area contributed by atoms with Crippen LogP contribution in [0.5, 0.6) is 0 Å². The number of hydrogen-bond acceptors (Lipinski definition) is 3. The Hall–Kier alpha value is -1.91. The van der Waals surface area contributed by atoms with Gasteiger partial charge in [-0.3, -0.25) is 9.69 Å². The van der Waals surface area contributed by atoms with E-state index in [1.807, 2.05) is 31.2 Å². The maximum absolute atomic E-state index is 12.8. The largest absolute Gasteiger partial charge is 0.318 e. The van der Waals surface area contributed by atoms with Crippen LogP contribution in [-0.4, -0.2) is 59.4 Å². The second kappa shape index (κ2) is 7.32. The fourth-order valence-corrected chi connectivity index (χ4v) is 3.57.